The second-order valence-corrected chi connectivity index (χ2v) is 12.6. The predicted molar refractivity (Wildman–Crippen MR) is 170 cm³/mol. The highest BCUT2D eigenvalue weighted by Gasteiger charge is 2.34. The van der Waals surface area contributed by atoms with Gasteiger partial charge < -0.3 is 19.7 Å². The smallest absolute Gasteiger partial charge is 0.264 e. The average molecular weight is 651 g/mol. The van der Waals surface area contributed by atoms with E-state index in [1.807, 2.05) is 13.8 Å². The standard InChI is InChI=1S/C31H37Cl2N3O6S/c1-6-21(3)34-31(38)27(7-2)35(19-22-13-14-23(32)17-26(22)33)30(37)20-36(24-11-9-8-10-12-24)43(39,40)25-15-16-28(41-4)29(18-25)42-5/h8-18,21,27H,6-7,19-20H2,1-5H3,(H,34,38)/t21-,27-/m0/s1. The van der Waals surface area contributed by atoms with Crippen molar-refractivity contribution in [2.24, 2.45) is 0 Å². The Bertz CT molecular complexity index is 1520. The number of benzene rings is 3. The van der Waals surface area contributed by atoms with Crippen LogP contribution in [0.2, 0.25) is 10.0 Å². The molecule has 12 heteroatoms. The van der Waals surface area contributed by atoms with Gasteiger partial charge in [-0.25, -0.2) is 8.42 Å². The maximum Gasteiger partial charge on any atom is 0.264 e. The van der Waals surface area contributed by atoms with Gasteiger partial charge in [-0.3, -0.25) is 13.9 Å². The zero-order valence-electron chi connectivity index (χ0n) is 24.8. The molecule has 9 nitrogen and oxygen atoms in total. The van der Waals surface area contributed by atoms with Crippen LogP contribution in [0.1, 0.15) is 39.2 Å². The van der Waals surface area contributed by atoms with Crippen molar-refractivity contribution in [3.8, 4) is 11.5 Å². The van der Waals surface area contributed by atoms with Crippen molar-refractivity contribution in [1.29, 1.82) is 0 Å². The summed E-state index contributed by atoms with van der Waals surface area (Å²) in [7, 11) is -1.44. The zero-order chi connectivity index (χ0) is 31.7. The van der Waals surface area contributed by atoms with Gasteiger partial charge in [-0.15, -0.1) is 0 Å². The third-order valence-electron chi connectivity index (χ3n) is 7.01. The van der Waals surface area contributed by atoms with Gasteiger partial charge in [0.15, 0.2) is 11.5 Å². The van der Waals surface area contributed by atoms with Crippen molar-refractivity contribution < 1.29 is 27.5 Å². The number of para-hydroxylation sites is 1. The number of ether oxygens (including phenoxy) is 2. The lowest BCUT2D eigenvalue weighted by Crippen LogP contribution is -2.53. The van der Waals surface area contributed by atoms with Crippen LogP contribution in [0.3, 0.4) is 0 Å². The minimum Gasteiger partial charge on any atom is -0.493 e. The molecule has 3 aromatic carbocycles. The highest BCUT2D eigenvalue weighted by Crippen LogP contribution is 2.32. The fraction of sp³-hybridized carbons (Fsp3) is 0.355. The zero-order valence-corrected chi connectivity index (χ0v) is 27.2. The molecule has 3 rings (SSSR count). The molecule has 3 aromatic rings. The largest absolute Gasteiger partial charge is 0.493 e. The molecule has 0 saturated carbocycles. The van der Waals surface area contributed by atoms with Crippen LogP contribution in [-0.2, 0) is 26.2 Å². The Hall–Kier alpha value is -3.47. The van der Waals surface area contributed by atoms with Crippen LogP contribution in [0.5, 0.6) is 11.5 Å². The topological polar surface area (TPSA) is 105 Å². The van der Waals surface area contributed by atoms with E-state index < -0.39 is 28.5 Å². The van der Waals surface area contributed by atoms with E-state index in [9.17, 15) is 18.0 Å². The molecule has 0 unspecified atom stereocenters. The SMILES string of the molecule is CC[C@H](C)NC(=O)[C@H](CC)N(Cc1ccc(Cl)cc1Cl)C(=O)CN(c1ccccc1)S(=O)(=O)c1ccc(OC)c(OC)c1. The van der Waals surface area contributed by atoms with Crippen LogP contribution in [0, 0.1) is 0 Å². The molecule has 0 spiro atoms. The average Bonchev–Trinajstić information content (AvgIpc) is 3.00. The number of hydrogen-bond acceptors (Lipinski definition) is 6. The molecule has 0 heterocycles. The summed E-state index contributed by atoms with van der Waals surface area (Å²) in [6.45, 7) is 4.98. The maximum absolute atomic E-state index is 14.2. The Balaban J connectivity index is 2.09. The molecule has 232 valence electrons. The van der Waals surface area contributed by atoms with E-state index in [-0.39, 0.29) is 41.2 Å². The van der Waals surface area contributed by atoms with Gasteiger partial charge in [0.1, 0.15) is 12.6 Å². The molecule has 1 N–H and O–H groups in total. The summed E-state index contributed by atoms with van der Waals surface area (Å²) in [5.41, 5.74) is 0.829. The number of halogens is 2. The first-order valence-corrected chi connectivity index (χ1v) is 16.0. The lowest BCUT2D eigenvalue weighted by molar-refractivity contribution is -0.140. The third kappa shape index (κ3) is 8.34. The monoisotopic (exact) mass is 649 g/mol. The van der Waals surface area contributed by atoms with E-state index in [4.69, 9.17) is 32.7 Å². The minimum absolute atomic E-state index is 0.0414. The Morgan fingerprint density at radius 3 is 2.16 bits per heavy atom. The van der Waals surface area contributed by atoms with Crippen LogP contribution in [0.15, 0.2) is 71.6 Å². The Labute approximate surface area is 263 Å². The van der Waals surface area contributed by atoms with E-state index in [0.717, 1.165) is 4.31 Å². The molecular formula is C31H37Cl2N3O6S. The second-order valence-electron chi connectivity index (χ2n) is 9.86. The highest BCUT2D eigenvalue weighted by molar-refractivity contribution is 7.92. The lowest BCUT2D eigenvalue weighted by Gasteiger charge is -2.34. The molecule has 2 atom stereocenters. The minimum atomic E-state index is -4.30. The molecular weight excluding hydrogens is 613 g/mol. The number of rotatable bonds is 14. The van der Waals surface area contributed by atoms with Crippen molar-refractivity contribution in [2.45, 2.75) is 57.1 Å². The fourth-order valence-electron chi connectivity index (χ4n) is 4.42. The quantitative estimate of drug-likeness (QED) is 0.232. The fourth-order valence-corrected chi connectivity index (χ4v) is 6.32. The summed E-state index contributed by atoms with van der Waals surface area (Å²) in [6, 6.07) is 16.4. The molecule has 2 amide bonds. The number of carbonyl (C=O) groups is 2. The van der Waals surface area contributed by atoms with Crippen molar-refractivity contribution in [1.82, 2.24) is 10.2 Å². The van der Waals surface area contributed by atoms with Crippen LogP contribution >= 0.6 is 23.2 Å². The Morgan fingerprint density at radius 2 is 1.58 bits per heavy atom. The number of hydrogen-bond donors (Lipinski definition) is 1. The summed E-state index contributed by atoms with van der Waals surface area (Å²) >= 11 is 12.6. The van der Waals surface area contributed by atoms with Crippen molar-refractivity contribution in [3.05, 3.63) is 82.3 Å². The first-order valence-electron chi connectivity index (χ1n) is 13.8. The second kappa shape index (κ2) is 15.3. The van der Waals surface area contributed by atoms with Crippen LogP contribution in [0.4, 0.5) is 5.69 Å². The first-order chi connectivity index (χ1) is 20.5. The lowest BCUT2D eigenvalue weighted by atomic mass is 10.1. The summed E-state index contributed by atoms with van der Waals surface area (Å²) < 4.78 is 39.8. The van der Waals surface area contributed by atoms with E-state index in [1.54, 1.807) is 55.5 Å². The number of amides is 2. The molecule has 43 heavy (non-hydrogen) atoms. The van der Waals surface area contributed by atoms with E-state index in [0.29, 0.717) is 27.8 Å². The maximum atomic E-state index is 14.2. The molecule has 0 bridgehead atoms. The van der Waals surface area contributed by atoms with Gasteiger partial charge in [0, 0.05) is 28.7 Å². The molecule has 0 saturated heterocycles. The first kappa shape index (κ1) is 34.0. The number of carbonyl (C=O) groups excluding carboxylic acids is 2. The molecule has 0 radical (unpaired) electrons. The summed E-state index contributed by atoms with van der Waals surface area (Å²) in [4.78, 5) is 28.9. The predicted octanol–water partition coefficient (Wildman–Crippen LogP) is 5.93. The van der Waals surface area contributed by atoms with E-state index in [1.165, 1.54) is 37.3 Å². The van der Waals surface area contributed by atoms with Gasteiger partial charge in [-0.05, 0) is 61.7 Å². The molecule has 0 aliphatic heterocycles. The summed E-state index contributed by atoms with van der Waals surface area (Å²) in [5.74, 6) is -0.364. The number of methoxy groups -OCH3 is 2. The van der Waals surface area contributed by atoms with Crippen LogP contribution < -0.4 is 19.1 Å². The number of sulfonamides is 1. The molecule has 0 fully saturated rings. The van der Waals surface area contributed by atoms with Gasteiger partial charge in [0.25, 0.3) is 10.0 Å². The van der Waals surface area contributed by atoms with Crippen molar-refractivity contribution in [3.63, 3.8) is 0 Å². The van der Waals surface area contributed by atoms with Gasteiger partial charge in [-0.1, -0.05) is 61.3 Å². The number of nitrogens with one attached hydrogen (secondary N) is 1. The van der Waals surface area contributed by atoms with Crippen molar-refractivity contribution in [2.75, 3.05) is 25.1 Å². The summed E-state index contributed by atoms with van der Waals surface area (Å²) in [5, 5.41) is 3.69. The van der Waals surface area contributed by atoms with Crippen molar-refractivity contribution >= 4 is 50.7 Å². The normalized spacial score (nSPS) is 12.6. The highest BCUT2D eigenvalue weighted by atomic mass is 35.5. The van der Waals surface area contributed by atoms with Gasteiger partial charge in [0.05, 0.1) is 24.8 Å². The van der Waals surface area contributed by atoms with Gasteiger partial charge in [-0.2, -0.15) is 0 Å². The van der Waals surface area contributed by atoms with Crippen LogP contribution in [0.25, 0.3) is 0 Å². The summed E-state index contributed by atoms with van der Waals surface area (Å²) in [6.07, 6.45) is 0.984. The number of anilines is 1. The Kier molecular flexibility index (Phi) is 12.1. The molecule has 0 aliphatic carbocycles. The van der Waals surface area contributed by atoms with Gasteiger partial charge in [0.2, 0.25) is 11.8 Å². The molecule has 0 aromatic heterocycles. The van der Waals surface area contributed by atoms with Gasteiger partial charge >= 0.3 is 0 Å². The number of nitrogens with zero attached hydrogens (tertiary/aromatic N) is 2. The Morgan fingerprint density at radius 1 is 0.907 bits per heavy atom. The van der Waals surface area contributed by atoms with Crippen LogP contribution in [-0.4, -0.2) is 58.0 Å². The van der Waals surface area contributed by atoms with E-state index in [2.05, 4.69) is 5.32 Å². The van der Waals surface area contributed by atoms with E-state index >= 15 is 0 Å². The molecule has 0 aliphatic rings. The third-order valence-corrected chi connectivity index (χ3v) is 9.37.